The summed E-state index contributed by atoms with van der Waals surface area (Å²) >= 11 is 0. The standard InChI is InChI=1S/C31H31NO5/c1-31(2,3)22-10-7-19(8-11-22)27-26(28(33)21-9-16-25-20(18-21)6-5-17-37-25)29(34)30(35)32(27)23-12-14-24(36-4)15-13-23/h7-16,18,27,33H,5-6,17H2,1-4H3/b28-26-. The highest BCUT2D eigenvalue weighted by Crippen LogP contribution is 2.43. The second-order valence-electron chi connectivity index (χ2n) is 10.5. The van der Waals surface area contributed by atoms with Gasteiger partial charge in [-0.25, -0.2) is 0 Å². The number of benzene rings is 3. The number of methoxy groups -OCH3 is 1. The number of aliphatic hydroxyl groups excluding tert-OH is 1. The SMILES string of the molecule is COc1ccc(N2C(=O)C(=O)/C(=C(\O)c3ccc4c(c3)CCCO4)C2c2ccc(C(C)(C)C)cc2)cc1. The number of ketones is 1. The van der Waals surface area contributed by atoms with Crippen molar-refractivity contribution in [3.63, 3.8) is 0 Å². The number of amides is 1. The topological polar surface area (TPSA) is 76.1 Å². The molecule has 1 unspecified atom stereocenters. The zero-order valence-corrected chi connectivity index (χ0v) is 21.6. The number of hydrogen-bond acceptors (Lipinski definition) is 5. The van der Waals surface area contributed by atoms with Gasteiger partial charge in [0.15, 0.2) is 0 Å². The van der Waals surface area contributed by atoms with E-state index in [1.165, 1.54) is 4.90 Å². The molecule has 0 aromatic heterocycles. The molecular formula is C31H31NO5. The molecule has 1 amide bonds. The van der Waals surface area contributed by atoms with Crippen LogP contribution in [0.25, 0.3) is 5.76 Å². The number of nitrogens with zero attached hydrogens (tertiary/aromatic N) is 1. The Bertz CT molecular complexity index is 1380. The maximum Gasteiger partial charge on any atom is 0.300 e. The predicted molar refractivity (Wildman–Crippen MR) is 143 cm³/mol. The molecule has 0 bridgehead atoms. The molecule has 5 rings (SSSR count). The van der Waals surface area contributed by atoms with Crippen molar-refractivity contribution < 1.29 is 24.2 Å². The lowest BCUT2D eigenvalue weighted by molar-refractivity contribution is -0.132. The highest BCUT2D eigenvalue weighted by molar-refractivity contribution is 6.51. The van der Waals surface area contributed by atoms with Crippen molar-refractivity contribution in [2.75, 3.05) is 18.6 Å². The van der Waals surface area contributed by atoms with Crippen molar-refractivity contribution >= 4 is 23.1 Å². The lowest BCUT2D eigenvalue weighted by atomic mass is 9.85. The van der Waals surface area contributed by atoms with E-state index >= 15 is 0 Å². The number of carbonyl (C=O) groups is 2. The lowest BCUT2D eigenvalue weighted by Crippen LogP contribution is -2.29. The number of rotatable bonds is 4. The Hall–Kier alpha value is -4.06. The van der Waals surface area contributed by atoms with Crippen molar-refractivity contribution in [3.8, 4) is 11.5 Å². The van der Waals surface area contributed by atoms with Crippen LogP contribution in [0.15, 0.2) is 72.3 Å². The number of ether oxygens (including phenoxy) is 2. The summed E-state index contributed by atoms with van der Waals surface area (Å²) in [4.78, 5) is 28.4. The summed E-state index contributed by atoms with van der Waals surface area (Å²) in [5.41, 5.74) is 3.91. The van der Waals surface area contributed by atoms with Gasteiger partial charge in [0.1, 0.15) is 17.3 Å². The molecule has 6 heteroatoms. The van der Waals surface area contributed by atoms with Crippen LogP contribution in [0, 0.1) is 0 Å². The van der Waals surface area contributed by atoms with Crippen LogP contribution >= 0.6 is 0 Å². The maximum atomic E-state index is 13.5. The zero-order chi connectivity index (χ0) is 26.3. The van der Waals surface area contributed by atoms with Crippen molar-refractivity contribution in [1.82, 2.24) is 0 Å². The third-order valence-corrected chi connectivity index (χ3v) is 7.07. The van der Waals surface area contributed by atoms with Crippen LogP contribution in [0.2, 0.25) is 0 Å². The van der Waals surface area contributed by atoms with E-state index in [2.05, 4.69) is 20.8 Å². The van der Waals surface area contributed by atoms with Crippen molar-refractivity contribution in [2.24, 2.45) is 0 Å². The molecule has 2 aliphatic heterocycles. The van der Waals surface area contributed by atoms with E-state index in [1.807, 2.05) is 36.4 Å². The third kappa shape index (κ3) is 4.48. The molecule has 6 nitrogen and oxygen atoms in total. The molecule has 1 atom stereocenters. The van der Waals surface area contributed by atoms with E-state index in [9.17, 15) is 14.7 Å². The fourth-order valence-corrected chi connectivity index (χ4v) is 4.99. The van der Waals surface area contributed by atoms with Crippen LogP contribution in [0.5, 0.6) is 11.5 Å². The van der Waals surface area contributed by atoms with Gasteiger partial charge in [-0.15, -0.1) is 0 Å². The number of anilines is 1. The smallest absolute Gasteiger partial charge is 0.300 e. The number of aliphatic hydroxyl groups is 1. The molecule has 1 N–H and O–H groups in total. The Labute approximate surface area is 217 Å². The Kier molecular flexibility index (Phi) is 6.28. The number of carbonyl (C=O) groups excluding carboxylic acids is 2. The van der Waals surface area contributed by atoms with Gasteiger partial charge in [0.25, 0.3) is 11.7 Å². The van der Waals surface area contributed by atoms with E-state index in [4.69, 9.17) is 9.47 Å². The van der Waals surface area contributed by atoms with Gasteiger partial charge in [-0.05, 0) is 77.4 Å². The van der Waals surface area contributed by atoms with Gasteiger partial charge >= 0.3 is 0 Å². The van der Waals surface area contributed by atoms with Crippen LogP contribution in [0.1, 0.15) is 55.5 Å². The summed E-state index contributed by atoms with van der Waals surface area (Å²) < 4.78 is 11.0. The minimum absolute atomic E-state index is 0.0540. The molecule has 0 radical (unpaired) electrons. The first-order valence-electron chi connectivity index (χ1n) is 12.5. The summed E-state index contributed by atoms with van der Waals surface area (Å²) in [7, 11) is 1.57. The largest absolute Gasteiger partial charge is 0.507 e. The van der Waals surface area contributed by atoms with Gasteiger partial charge in [-0.1, -0.05) is 45.0 Å². The summed E-state index contributed by atoms with van der Waals surface area (Å²) in [5, 5.41) is 11.5. The fourth-order valence-electron chi connectivity index (χ4n) is 4.99. The molecule has 3 aromatic rings. The first-order chi connectivity index (χ1) is 17.7. The van der Waals surface area contributed by atoms with Gasteiger partial charge in [-0.2, -0.15) is 0 Å². The van der Waals surface area contributed by atoms with E-state index in [0.29, 0.717) is 23.6 Å². The van der Waals surface area contributed by atoms with Gasteiger partial charge in [0.2, 0.25) is 0 Å². The quantitative estimate of drug-likeness (QED) is 0.274. The maximum absolute atomic E-state index is 13.5. The van der Waals surface area contributed by atoms with E-state index in [0.717, 1.165) is 35.3 Å². The highest BCUT2D eigenvalue weighted by atomic mass is 16.5. The van der Waals surface area contributed by atoms with E-state index in [1.54, 1.807) is 37.4 Å². The highest BCUT2D eigenvalue weighted by Gasteiger charge is 2.47. The monoisotopic (exact) mass is 497 g/mol. The summed E-state index contributed by atoms with van der Waals surface area (Å²) in [6, 6.07) is 19.5. The summed E-state index contributed by atoms with van der Waals surface area (Å²) in [6.45, 7) is 7.05. The molecule has 37 heavy (non-hydrogen) atoms. The second kappa shape index (κ2) is 9.43. The molecule has 2 aliphatic rings. The number of fused-ring (bicyclic) bond motifs is 1. The van der Waals surface area contributed by atoms with Crippen molar-refractivity contribution in [3.05, 3.63) is 94.6 Å². The molecule has 190 valence electrons. The Morgan fingerprint density at radius 3 is 2.35 bits per heavy atom. The predicted octanol–water partition coefficient (Wildman–Crippen LogP) is 5.94. The van der Waals surface area contributed by atoms with Gasteiger partial charge in [-0.3, -0.25) is 14.5 Å². The minimum Gasteiger partial charge on any atom is -0.507 e. The normalized spacial score (nSPS) is 18.9. The average Bonchev–Trinajstić information content (AvgIpc) is 3.17. The third-order valence-electron chi connectivity index (χ3n) is 7.07. The first kappa shape index (κ1) is 24.6. The molecule has 2 heterocycles. The summed E-state index contributed by atoms with van der Waals surface area (Å²) in [6.07, 6.45) is 1.72. The summed E-state index contributed by atoms with van der Waals surface area (Å²) in [5.74, 6) is -0.156. The molecule has 0 saturated carbocycles. The molecule has 1 fully saturated rings. The Morgan fingerprint density at radius 2 is 1.70 bits per heavy atom. The van der Waals surface area contributed by atoms with Crippen LogP contribution in [0.3, 0.4) is 0 Å². The lowest BCUT2D eigenvalue weighted by Gasteiger charge is -2.27. The number of hydrogen-bond donors (Lipinski definition) is 1. The van der Waals surface area contributed by atoms with Crippen LogP contribution in [0.4, 0.5) is 5.69 Å². The minimum atomic E-state index is -0.783. The average molecular weight is 498 g/mol. The van der Waals surface area contributed by atoms with E-state index in [-0.39, 0.29) is 16.7 Å². The second-order valence-corrected chi connectivity index (χ2v) is 10.5. The van der Waals surface area contributed by atoms with E-state index < -0.39 is 17.7 Å². The van der Waals surface area contributed by atoms with Crippen LogP contribution < -0.4 is 14.4 Å². The number of aryl methyl sites for hydroxylation is 1. The first-order valence-corrected chi connectivity index (χ1v) is 12.5. The fraction of sp³-hybridized carbons (Fsp3) is 0.290. The van der Waals surface area contributed by atoms with Gasteiger partial charge < -0.3 is 14.6 Å². The number of Topliss-reactive ketones (excluding diaryl/α,β-unsaturated/α-hetero) is 1. The molecule has 0 aliphatic carbocycles. The molecule has 0 spiro atoms. The van der Waals surface area contributed by atoms with Crippen molar-refractivity contribution in [1.29, 1.82) is 0 Å². The molecular weight excluding hydrogens is 466 g/mol. The van der Waals surface area contributed by atoms with Gasteiger partial charge in [0.05, 0.1) is 25.3 Å². The zero-order valence-electron chi connectivity index (χ0n) is 21.6. The molecule has 1 saturated heterocycles. The molecule has 3 aromatic carbocycles. The Morgan fingerprint density at radius 1 is 1.00 bits per heavy atom. The van der Waals surface area contributed by atoms with Crippen LogP contribution in [-0.4, -0.2) is 30.5 Å². The van der Waals surface area contributed by atoms with Crippen molar-refractivity contribution in [2.45, 2.75) is 45.1 Å². The van der Waals surface area contributed by atoms with Gasteiger partial charge in [0, 0.05) is 11.3 Å². The van der Waals surface area contributed by atoms with Crippen LogP contribution in [-0.2, 0) is 21.4 Å². The Balaban J connectivity index is 1.67.